The van der Waals surface area contributed by atoms with E-state index >= 15 is 0 Å². The lowest BCUT2D eigenvalue weighted by molar-refractivity contribution is -0.150. The van der Waals surface area contributed by atoms with E-state index in [1.54, 1.807) is 18.8 Å². The van der Waals surface area contributed by atoms with Crippen LogP contribution >= 0.6 is 0 Å². The molecule has 6 N–H and O–H groups in total. The van der Waals surface area contributed by atoms with Crippen molar-refractivity contribution in [1.82, 2.24) is 31.9 Å². The molecule has 0 aromatic carbocycles. The number of hydrogen-bond acceptors (Lipinski definition) is 25. The Labute approximate surface area is 509 Å². The molecule has 0 aromatic rings. The summed E-state index contributed by atoms with van der Waals surface area (Å²) in [5, 5.41) is 41.6. The molecule has 0 aliphatic heterocycles. The van der Waals surface area contributed by atoms with Crippen molar-refractivity contribution in [2.45, 2.75) is 165 Å². The Balaban J connectivity index is 7.16. The van der Waals surface area contributed by atoms with Gasteiger partial charge in [0.2, 0.25) is 29.4 Å². The number of ether oxygens (including phenoxy) is 10. The smallest absolute Gasteiger partial charge is 0.408 e. The number of carbonyl (C=O) groups is 6. The van der Waals surface area contributed by atoms with Gasteiger partial charge >= 0.3 is 36.6 Å². The highest BCUT2D eigenvalue weighted by Gasteiger charge is 2.43. The third kappa shape index (κ3) is 50.6. The summed E-state index contributed by atoms with van der Waals surface area (Å²) in [5.74, 6) is 0. The van der Waals surface area contributed by atoms with Gasteiger partial charge in [0.15, 0.2) is 0 Å². The van der Waals surface area contributed by atoms with Gasteiger partial charge in [-0.3, -0.25) is 0 Å². The molecule has 0 spiro atoms. The summed E-state index contributed by atoms with van der Waals surface area (Å²) in [6, 6.07) is 0. The molecule has 6 amide bonds. The first-order valence-electron chi connectivity index (χ1n) is 29.7. The van der Waals surface area contributed by atoms with Gasteiger partial charge in [-0.1, -0.05) is 57.8 Å². The third-order valence-corrected chi connectivity index (χ3v) is 12.3. The first-order valence-corrected chi connectivity index (χ1v) is 29.7. The van der Waals surface area contributed by atoms with Crippen LogP contribution < -0.4 is 31.9 Å². The second-order valence-corrected chi connectivity index (χ2v) is 19.7. The van der Waals surface area contributed by atoms with Crippen molar-refractivity contribution < 1.29 is 90.5 Å². The number of nitrogens with zero attached hydrogens (tertiary/aromatic N) is 6. The van der Waals surface area contributed by atoms with E-state index < -0.39 is 87.4 Å². The summed E-state index contributed by atoms with van der Waals surface area (Å²) in [6.45, 7) is -2.34. The molecule has 0 aliphatic carbocycles. The molecule has 0 bridgehead atoms. The van der Waals surface area contributed by atoms with Gasteiger partial charge in [-0.2, -0.15) is 15.8 Å². The van der Waals surface area contributed by atoms with Crippen LogP contribution in [-0.4, -0.2) is 184 Å². The maximum atomic E-state index is 13.8. The number of carbonyl (C=O) groups excluding carboxylic acids is 9. The predicted molar refractivity (Wildman–Crippen MR) is 307 cm³/mol. The summed E-state index contributed by atoms with van der Waals surface area (Å²) in [4.78, 5) is 123. The Morgan fingerprint density at radius 2 is 0.540 bits per heavy atom. The van der Waals surface area contributed by atoms with Crippen LogP contribution in [0.3, 0.4) is 0 Å². The van der Waals surface area contributed by atoms with Gasteiger partial charge in [0.05, 0.1) is 32.8 Å². The normalized spacial score (nSPS) is 11.0. The van der Waals surface area contributed by atoms with Crippen molar-refractivity contribution in [2.75, 3.05) is 118 Å². The van der Waals surface area contributed by atoms with Crippen LogP contribution in [0.4, 0.5) is 28.8 Å². The SMILES string of the molecule is N#COCCCCCCNC(=O)OCC(COCC(COC(=O)NCCCCCCN=C=O)(COC(=O)NCCCCCCN=C=O)OC(=O)NCCCCCCN=C=O)(COC(=O)NCCCCCCOC#N)OC(=O)NCCCCCCOC#N. The minimum absolute atomic E-state index is 0.0908. The molecule has 0 aliphatic rings. The number of isocyanates is 3. The Kier molecular flexibility index (Phi) is 52.4. The fourth-order valence-electron chi connectivity index (χ4n) is 7.69. The monoisotopic (exact) mass is 1230 g/mol. The van der Waals surface area contributed by atoms with Gasteiger partial charge in [0, 0.05) is 39.3 Å². The summed E-state index contributed by atoms with van der Waals surface area (Å²) >= 11 is 0. The molecule has 0 atom stereocenters. The van der Waals surface area contributed by atoms with Gasteiger partial charge in [-0.25, -0.2) is 58.1 Å². The zero-order chi connectivity index (χ0) is 63.8. The number of nitriles is 3. The molecule has 0 aromatic heterocycles. The van der Waals surface area contributed by atoms with Crippen LogP contribution in [0.25, 0.3) is 0 Å². The van der Waals surface area contributed by atoms with E-state index in [4.69, 9.17) is 63.2 Å². The van der Waals surface area contributed by atoms with Crippen molar-refractivity contribution in [1.29, 1.82) is 15.8 Å². The molecule has 31 heteroatoms. The van der Waals surface area contributed by atoms with Crippen LogP contribution in [0.1, 0.15) is 154 Å². The topological polar surface area (TPSA) is 427 Å². The van der Waals surface area contributed by atoms with Gasteiger partial charge in [-0.05, 0) is 96.3 Å². The summed E-state index contributed by atoms with van der Waals surface area (Å²) in [5.41, 5.74) is -4.37. The second kappa shape index (κ2) is 58.0. The highest BCUT2D eigenvalue weighted by atomic mass is 16.7. The lowest BCUT2D eigenvalue weighted by Crippen LogP contribution is -2.55. The van der Waals surface area contributed by atoms with Crippen LogP contribution in [0, 0.1) is 34.6 Å². The van der Waals surface area contributed by atoms with E-state index in [1.807, 2.05) is 0 Å². The molecule has 0 fully saturated rings. The van der Waals surface area contributed by atoms with E-state index in [0.29, 0.717) is 174 Å². The van der Waals surface area contributed by atoms with Crippen LogP contribution in [0.2, 0.25) is 0 Å². The molecule has 31 nitrogen and oxygen atoms in total. The van der Waals surface area contributed by atoms with E-state index in [0.717, 1.165) is 0 Å². The molecule has 488 valence electrons. The van der Waals surface area contributed by atoms with E-state index in [9.17, 15) is 43.2 Å². The highest BCUT2D eigenvalue weighted by molar-refractivity contribution is 5.70. The molecular formula is C56H90N12O19. The lowest BCUT2D eigenvalue weighted by atomic mass is 10.1. The van der Waals surface area contributed by atoms with Crippen LogP contribution in [-0.2, 0) is 61.8 Å². The molecule has 0 saturated carbocycles. The van der Waals surface area contributed by atoms with Gasteiger partial charge < -0.3 is 79.3 Å². The standard InChI is InChI=1S/C56H90N12O19/c57-43-78-34-22-10-7-19-30-65-51(74)84-41-56(87-54(77)68-33-21-9-12-24-36-80-45-59,42-85-52(75)66-31-20-8-11-23-35-79-44-58)38-81-37-55(86-53(76)67-32-18-6-3-15-27-62-48-71,39-82-49(72)63-28-16-4-1-13-25-60-46-69)40-83-50(73)64-29-17-5-2-14-26-61-47-70/h1-42H2,(H,63,72)(H,64,73)(H,65,74)(H,66,75)(H,67,76)(H,68,77). The first kappa shape index (κ1) is 78.6. The van der Waals surface area contributed by atoms with E-state index in [-0.39, 0.29) is 59.1 Å². The Morgan fingerprint density at radius 3 is 0.782 bits per heavy atom. The van der Waals surface area contributed by atoms with E-state index in [1.165, 1.54) is 18.2 Å². The summed E-state index contributed by atoms with van der Waals surface area (Å²) in [6.07, 6.45) is 18.2. The fraction of sp³-hybridized carbons (Fsp3) is 0.786. The molecule has 0 rings (SSSR count). The molecular weight excluding hydrogens is 1140 g/mol. The highest BCUT2D eigenvalue weighted by Crippen LogP contribution is 2.21. The maximum absolute atomic E-state index is 13.8. The average molecular weight is 1240 g/mol. The molecule has 0 radical (unpaired) electrons. The number of alkyl carbamates (subject to hydrolysis) is 6. The predicted octanol–water partition coefficient (Wildman–Crippen LogP) is 6.70. The van der Waals surface area contributed by atoms with E-state index in [2.05, 4.69) is 46.9 Å². The van der Waals surface area contributed by atoms with Crippen molar-refractivity contribution in [2.24, 2.45) is 15.0 Å². The van der Waals surface area contributed by atoms with Gasteiger partial charge in [-0.15, -0.1) is 0 Å². The fourth-order valence-corrected chi connectivity index (χ4v) is 7.69. The quantitative estimate of drug-likeness (QED) is 0.0121. The van der Waals surface area contributed by atoms with Crippen LogP contribution in [0.15, 0.2) is 15.0 Å². The minimum atomic E-state index is -2.19. The zero-order valence-electron chi connectivity index (χ0n) is 50.1. The number of hydrogen-bond donors (Lipinski definition) is 6. The Morgan fingerprint density at radius 1 is 0.310 bits per heavy atom. The third-order valence-electron chi connectivity index (χ3n) is 12.3. The maximum Gasteiger partial charge on any atom is 0.408 e. The number of aliphatic imine (C=N–C) groups is 3. The average Bonchev–Trinajstić information content (AvgIpc) is 2.43. The summed E-state index contributed by atoms with van der Waals surface area (Å²) in [7, 11) is 0. The van der Waals surface area contributed by atoms with Crippen molar-refractivity contribution >= 4 is 54.8 Å². The second-order valence-electron chi connectivity index (χ2n) is 19.7. The molecule has 0 unspecified atom stereocenters. The molecule has 0 saturated heterocycles. The van der Waals surface area contributed by atoms with Gasteiger partial charge in [0.25, 0.3) is 18.8 Å². The number of unbranched alkanes of at least 4 members (excludes halogenated alkanes) is 18. The Bertz CT molecular complexity index is 2070. The first-order chi connectivity index (χ1) is 42.4. The molecule has 87 heavy (non-hydrogen) atoms. The van der Waals surface area contributed by atoms with Crippen LogP contribution in [0.5, 0.6) is 0 Å². The van der Waals surface area contributed by atoms with Crippen molar-refractivity contribution in [3.8, 4) is 18.8 Å². The molecule has 0 heterocycles. The van der Waals surface area contributed by atoms with Gasteiger partial charge in [0.1, 0.15) is 46.2 Å². The number of nitrogens with one attached hydrogen (secondary N) is 6. The largest absolute Gasteiger partial charge is 0.445 e. The van der Waals surface area contributed by atoms with Crippen molar-refractivity contribution in [3.05, 3.63) is 0 Å². The minimum Gasteiger partial charge on any atom is -0.445 e. The Hall–Kier alpha value is -8.41. The number of rotatable bonds is 56. The summed E-state index contributed by atoms with van der Waals surface area (Å²) < 4.78 is 54.8. The number of amides is 6. The lowest BCUT2D eigenvalue weighted by Gasteiger charge is -2.35. The zero-order valence-corrected chi connectivity index (χ0v) is 50.1. The van der Waals surface area contributed by atoms with Crippen molar-refractivity contribution in [3.63, 3.8) is 0 Å².